The number of nitrogens with two attached hydrogens (primary N) is 1. The number of hydrogen-bond donors (Lipinski definition) is 2. The van der Waals surface area contributed by atoms with Crippen LogP contribution in [0.15, 0.2) is 24.3 Å². The van der Waals surface area contributed by atoms with Crippen molar-refractivity contribution in [2.45, 2.75) is 57.6 Å². The lowest BCUT2D eigenvalue weighted by atomic mass is 9.99. The van der Waals surface area contributed by atoms with E-state index in [4.69, 9.17) is 10.5 Å². The van der Waals surface area contributed by atoms with Crippen molar-refractivity contribution < 1.29 is 9.53 Å². The Kier molecular flexibility index (Phi) is 4.65. The first-order chi connectivity index (χ1) is 9.51. The Hall–Kier alpha value is -1.55. The van der Waals surface area contributed by atoms with Crippen LogP contribution in [-0.2, 0) is 4.79 Å². The summed E-state index contributed by atoms with van der Waals surface area (Å²) in [4.78, 5) is 12.0. The summed E-state index contributed by atoms with van der Waals surface area (Å²) in [5.74, 6) is 0.699. The minimum atomic E-state index is -0.834. The number of carbonyl (C=O) groups is 1. The van der Waals surface area contributed by atoms with Gasteiger partial charge in [0.2, 0.25) is 5.91 Å². The number of anilines is 1. The number of benzene rings is 1. The highest BCUT2D eigenvalue weighted by molar-refractivity contribution is 5.97. The van der Waals surface area contributed by atoms with Gasteiger partial charge in [-0.1, -0.05) is 6.92 Å². The van der Waals surface area contributed by atoms with Crippen molar-refractivity contribution in [3.63, 3.8) is 0 Å². The van der Waals surface area contributed by atoms with Crippen LogP contribution in [-0.4, -0.2) is 17.6 Å². The first-order valence-electron chi connectivity index (χ1n) is 7.38. The minimum Gasteiger partial charge on any atom is -0.490 e. The second-order valence-electron chi connectivity index (χ2n) is 5.77. The van der Waals surface area contributed by atoms with Gasteiger partial charge in [-0.2, -0.15) is 0 Å². The average molecular weight is 276 g/mol. The summed E-state index contributed by atoms with van der Waals surface area (Å²) in [7, 11) is 0. The summed E-state index contributed by atoms with van der Waals surface area (Å²) >= 11 is 0. The van der Waals surface area contributed by atoms with E-state index in [0.29, 0.717) is 12.5 Å². The molecule has 0 heterocycles. The van der Waals surface area contributed by atoms with Gasteiger partial charge in [0.25, 0.3) is 0 Å². The molecule has 1 saturated carbocycles. The van der Waals surface area contributed by atoms with Crippen LogP contribution in [0.25, 0.3) is 0 Å². The molecule has 1 aromatic rings. The van der Waals surface area contributed by atoms with Crippen LogP contribution >= 0.6 is 0 Å². The van der Waals surface area contributed by atoms with Crippen molar-refractivity contribution in [3.05, 3.63) is 24.3 Å². The van der Waals surface area contributed by atoms with Gasteiger partial charge in [-0.3, -0.25) is 4.79 Å². The monoisotopic (exact) mass is 276 g/mol. The summed E-state index contributed by atoms with van der Waals surface area (Å²) in [6, 6.07) is 7.50. The summed E-state index contributed by atoms with van der Waals surface area (Å²) in [5, 5.41) is 2.83. The van der Waals surface area contributed by atoms with Crippen molar-refractivity contribution in [2.24, 2.45) is 5.73 Å². The molecule has 1 unspecified atom stereocenters. The van der Waals surface area contributed by atoms with E-state index in [1.54, 1.807) is 6.92 Å². The van der Waals surface area contributed by atoms with E-state index in [1.165, 1.54) is 12.8 Å². The Bertz CT molecular complexity index is 448. The largest absolute Gasteiger partial charge is 0.490 e. The Morgan fingerprint density at radius 2 is 1.95 bits per heavy atom. The zero-order valence-corrected chi connectivity index (χ0v) is 12.3. The molecule has 4 heteroatoms. The standard InChI is InChI=1S/C16H24N2O2/c1-3-16(2,17)15(19)18-12-8-10-14(11-9-12)20-13-6-4-5-7-13/h8-11,13H,3-7,17H2,1-2H3,(H,18,19). The highest BCUT2D eigenvalue weighted by Gasteiger charge is 2.25. The zero-order chi connectivity index (χ0) is 14.6. The van der Waals surface area contributed by atoms with E-state index in [-0.39, 0.29) is 5.91 Å². The number of hydrogen-bond acceptors (Lipinski definition) is 3. The third kappa shape index (κ3) is 3.73. The van der Waals surface area contributed by atoms with Crippen molar-refractivity contribution in [1.82, 2.24) is 0 Å². The smallest absolute Gasteiger partial charge is 0.244 e. The first-order valence-corrected chi connectivity index (χ1v) is 7.38. The van der Waals surface area contributed by atoms with Gasteiger partial charge in [-0.05, 0) is 63.3 Å². The van der Waals surface area contributed by atoms with Crippen molar-refractivity contribution in [2.75, 3.05) is 5.32 Å². The number of rotatable bonds is 5. The Labute approximate surface area is 120 Å². The first kappa shape index (κ1) is 14.9. The molecule has 0 bridgehead atoms. The maximum atomic E-state index is 12.0. The van der Waals surface area contributed by atoms with Crippen LogP contribution in [0.2, 0.25) is 0 Å². The summed E-state index contributed by atoms with van der Waals surface area (Å²) < 4.78 is 5.89. The number of amides is 1. The van der Waals surface area contributed by atoms with Crippen molar-refractivity contribution in [1.29, 1.82) is 0 Å². The van der Waals surface area contributed by atoms with Crippen molar-refractivity contribution in [3.8, 4) is 5.75 Å². The molecule has 1 atom stereocenters. The molecule has 4 nitrogen and oxygen atoms in total. The van der Waals surface area contributed by atoms with Crippen LogP contribution < -0.4 is 15.8 Å². The molecule has 0 aromatic heterocycles. The predicted octanol–water partition coefficient (Wildman–Crippen LogP) is 3.07. The highest BCUT2D eigenvalue weighted by atomic mass is 16.5. The molecule has 1 aliphatic rings. The van der Waals surface area contributed by atoms with Crippen molar-refractivity contribution >= 4 is 11.6 Å². The minimum absolute atomic E-state index is 0.163. The van der Waals surface area contributed by atoms with Gasteiger partial charge in [-0.25, -0.2) is 0 Å². The number of ether oxygens (including phenoxy) is 1. The lowest BCUT2D eigenvalue weighted by molar-refractivity contribution is -0.120. The molecule has 1 fully saturated rings. The van der Waals surface area contributed by atoms with Crippen LogP contribution in [0.1, 0.15) is 46.0 Å². The summed E-state index contributed by atoms with van der Waals surface area (Å²) in [6.07, 6.45) is 5.74. The summed E-state index contributed by atoms with van der Waals surface area (Å²) in [5.41, 5.74) is 5.82. The Morgan fingerprint density at radius 3 is 2.50 bits per heavy atom. The molecule has 1 amide bonds. The predicted molar refractivity (Wildman–Crippen MR) is 80.8 cm³/mol. The fourth-order valence-electron chi connectivity index (χ4n) is 2.25. The quantitative estimate of drug-likeness (QED) is 0.868. The third-order valence-corrected chi connectivity index (χ3v) is 3.97. The van der Waals surface area contributed by atoms with Crippen LogP contribution in [0, 0.1) is 0 Å². The Morgan fingerprint density at radius 1 is 1.35 bits per heavy atom. The van der Waals surface area contributed by atoms with E-state index in [0.717, 1.165) is 24.3 Å². The Balaban J connectivity index is 1.92. The van der Waals surface area contributed by atoms with E-state index >= 15 is 0 Å². The molecule has 0 spiro atoms. The topological polar surface area (TPSA) is 64.4 Å². The fraction of sp³-hybridized carbons (Fsp3) is 0.562. The third-order valence-electron chi connectivity index (χ3n) is 3.97. The molecular formula is C16H24N2O2. The molecule has 3 N–H and O–H groups in total. The zero-order valence-electron chi connectivity index (χ0n) is 12.3. The van der Waals surface area contributed by atoms with Gasteiger partial charge in [-0.15, -0.1) is 0 Å². The molecule has 20 heavy (non-hydrogen) atoms. The van der Waals surface area contributed by atoms with Gasteiger partial charge in [0, 0.05) is 5.69 Å². The van der Waals surface area contributed by atoms with Crippen LogP contribution in [0.3, 0.4) is 0 Å². The highest BCUT2D eigenvalue weighted by Crippen LogP contribution is 2.25. The summed E-state index contributed by atoms with van der Waals surface area (Å²) in [6.45, 7) is 3.64. The molecule has 110 valence electrons. The number of carbonyl (C=O) groups excluding carboxylic acids is 1. The molecular weight excluding hydrogens is 252 g/mol. The lowest BCUT2D eigenvalue weighted by Crippen LogP contribution is -2.47. The van der Waals surface area contributed by atoms with Gasteiger partial charge >= 0.3 is 0 Å². The average Bonchev–Trinajstić information content (AvgIpc) is 2.94. The van der Waals surface area contributed by atoms with E-state index in [2.05, 4.69) is 5.32 Å². The SMILES string of the molecule is CCC(C)(N)C(=O)Nc1ccc(OC2CCCC2)cc1. The normalized spacial score (nSPS) is 18.6. The van der Waals surface area contributed by atoms with E-state index < -0.39 is 5.54 Å². The van der Waals surface area contributed by atoms with Crippen LogP contribution in [0.5, 0.6) is 5.75 Å². The fourth-order valence-corrected chi connectivity index (χ4v) is 2.25. The van der Waals surface area contributed by atoms with E-state index in [9.17, 15) is 4.79 Å². The molecule has 0 saturated heterocycles. The second-order valence-corrected chi connectivity index (χ2v) is 5.77. The number of nitrogens with one attached hydrogen (secondary N) is 1. The maximum absolute atomic E-state index is 12.0. The molecule has 0 aliphatic heterocycles. The van der Waals surface area contributed by atoms with Gasteiger partial charge in [0.15, 0.2) is 0 Å². The second kappa shape index (κ2) is 6.27. The van der Waals surface area contributed by atoms with Crippen LogP contribution in [0.4, 0.5) is 5.69 Å². The molecule has 2 rings (SSSR count). The van der Waals surface area contributed by atoms with Gasteiger partial charge in [0.05, 0.1) is 11.6 Å². The maximum Gasteiger partial charge on any atom is 0.244 e. The van der Waals surface area contributed by atoms with E-state index in [1.807, 2.05) is 31.2 Å². The molecule has 1 aromatic carbocycles. The van der Waals surface area contributed by atoms with Gasteiger partial charge < -0.3 is 15.8 Å². The lowest BCUT2D eigenvalue weighted by Gasteiger charge is -2.21. The van der Waals surface area contributed by atoms with Gasteiger partial charge in [0.1, 0.15) is 5.75 Å². The molecule has 1 aliphatic carbocycles. The molecule has 0 radical (unpaired) electrons.